The van der Waals surface area contributed by atoms with Gasteiger partial charge in [0.15, 0.2) is 11.8 Å². The fraction of sp³-hybridized carbons (Fsp3) is 0.250. The number of hydrogen-bond acceptors (Lipinski definition) is 4. The van der Waals surface area contributed by atoms with E-state index in [1.807, 2.05) is 0 Å². The van der Waals surface area contributed by atoms with Gasteiger partial charge < -0.3 is 5.73 Å². The summed E-state index contributed by atoms with van der Waals surface area (Å²) in [6.07, 6.45) is -5.26. The Bertz CT molecular complexity index is 1260. The van der Waals surface area contributed by atoms with Crippen LogP contribution >= 0.6 is 0 Å². The lowest BCUT2D eigenvalue weighted by Crippen LogP contribution is -2.46. The van der Waals surface area contributed by atoms with E-state index in [-0.39, 0.29) is 35.0 Å². The minimum atomic E-state index is -5.03. The van der Waals surface area contributed by atoms with Crippen molar-refractivity contribution in [1.82, 2.24) is 14.9 Å². The number of aromatic nitrogens is 2. The van der Waals surface area contributed by atoms with Gasteiger partial charge in [0.05, 0.1) is 28.7 Å². The van der Waals surface area contributed by atoms with Crippen molar-refractivity contribution in [3.8, 4) is 5.69 Å². The van der Waals surface area contributed by atoms with Gasteiger partial charge in [-0.25, -0.2) is 18.8 Å². The van der Waals surface area contributed by atoms with Crippen molar-refractivity contribution < 1.29 is 26.7 Å². The number of imidazole rings is 1. The summed E-state index contributed by atoms with van der Waals surface area (Å²) in [6, 6.07) is 5.80. The van der Waals surface area contributed by atoms with E-state index in [0.717, 1.165) is 10.6 Å². The van der Waals surface area contributed by atoms with Gasteiger partial charge in [0, 0.05) is 5.56 Å². The minimum absolute atomic E-state index is 0.0247. The summed E-state index contributed by atoms with van der Waals surface area (Å²) in [5.74, 6) is -3.07. The van der Waals surface area contributed by atoms with Gasteiger partial charge in [-0.15, -0.1) is 0 Å². The number of nitrogens with zero attached hydrogens (tertiary/aromatic N) is 3. The molecule has 0 unspecified atom stereocenters. The van der Waals surface area contributed by atoms with Gasteiger partial charge in [-0.05, 0) is 32.0 Å². The van der Waals surface area contributed by atoms with Crippen molar-refractivity contribution in [3.63, 3.8) is 0 Å². The minimum Gasteiger partial charge on any atom is -0.370 e. The van der Waals surface area contributed by atoms with E-state index >= 15 is 4.39 Å². The third-order valence-corrected chi connectivity index (χ3v) is 5.16. The van der Waals surface area contributed by atoms with Crippen LogP contribution in [0.15, 0.2) is 35.3 Å². The Balaban J connectivity index is 2.03. The highest BCUT2D eigenvalue weighted by Gasteiger charge is 2.40. The van der Waals surface area contributed by atoms with Gasteiger partial charge in [0.2, 0.25) is 5.91 Å². The largest absolute Gasteiger partial charge is 0.421 e. The number of nitrogens with one attached hydrogen (secondary N) is 1. The molecule has 0 radical (unpaired) electrons. The number of rotatable bonds is 2. The molecule has 31 heavy (non-hydrogen) atoms. The second-order valence-corrected chi connectivity index (χ2v) is 7.42. The number of guanidine groups is 1. The number of fused-ring (bicyclic) bond motifs is 1. The lowest BCUT2D eigenvalue weighted by Gasteiger charge is -2.30. The van der Waals surface area contributed by atoms with Crippen LogP contribution in [0.1, 0.15) is 30.3 Å². The number of carbonyl (C=O) groups excluding carboxylic acids is 1. The molecule has 1 aliphatic rings. The molecule has 6 nitrogen and oxygen atoms in total. The Morgan fingerprint density at radius 2 is 1.90 bits per heavy atom. The van der Waals surface area contributed by atoms with E-state index in [1.54, 1.807) is 0 Å². The fourth-order valence-electron chi connectivity index (χ4n) is 3.92. The summed E-state index contributed by atoms with van der Waals surface area (Å²) in [7, 11) is 0. The summed E-state index contributed by atoms with van der Waals surface area (Å²) in [5, 5.41) is 2.31. The molecule has 1 amide bonds. The molecule has 0 spiro atoms. The number of aryl methyl sites for hydroxylation is 1. The van der Waals surface area contributed by atoms with Crippen molar-refractivity contribution in [3.05, 3.63) is 58.9 Å². The molecular weight excluding hydrogens is 421 g/mol. The zero-order chi connectivity index (χ0) is 22.7. The third-order valence-electron chi connectivity index (χ3n) is 5.16. The lowest BCUT2D eigenvalue weighted by molar-refractivity contribution is -0.138. The van der Waals surface area contributed by atoms with Gasteiger partial charge >= 0.3 is 6.18 Å². The number of halogens is 5. The highest BCUT2D eigenvalue weighted by atomic mass is 19.4. The van der Waals surface area contributed by atoms with Crippen LogP contribution in [0, 0.1) is 18.6 Å². The predicted molar refractivity (Wildman–Crippen MR) is 102 cm³/mol. The monoisotopic (exact) mass is 437 g/mol. The van der Waals surface area contributed by atoms with E-state index in [2.05, 4.69) is 15.3 Å². The van der Waals surface area contributed by atoms with Crippen LogP contribution in [-0.2, 0) is 16.5 Å². The second kappa shape index (κ2) is 6.76. The SMILES string of the molecule is Cc1nc2ccc(F)c(C(F)(F)F)c2n1-c1cccc([C@]2(C)CC(=O)NC(N)=N2)c1F. The van der Waals surface area contributed by atoms with E-state index in [1.165, 1.54) is 32.0 Å². The first-order valence-electron chi connectivity index (χ1n) is 9.11. The summed E-state index contributed by atoms with van der Waals surface area (Å²) in [5.41, 5.74) is 1.63. The van der Waals surface area contributed by atoms with Crippen molar-refractivity contribution in [1.29, 1.82) is 0 Å². The van der Waals surface area contributed by atoms with Crippen LogP contribution in [0.25, 0.3) is 16.7 Å². The molecular formula is C20H16F5N5O. The highest BCUT2D eigenvalue weighted by molar-refractivity contribution is 5.99. The number of alkyl halides is 3. The maximum absolute atomic E-state index is 15.7. The highest BCUT2D eigenvalue weighted by Crippen LogP contribution is 2.40. The standard InChI is InChI=1S/C20H16F5N5O/c1-9-27-12-7-6-11(21)15(20(23,24)25)17(12)30(9)13-5-3-4-10(16(13)22)19(2)8-14(31)28-18(26)29-19/h3-7H,8H2,1-2H3,(H3,26,28,29,31)/t19-/m0/s1. The summed E-state index contributed by atoms with van der Waals surface area (Å²) in [6.45, 7) is 2.87. The molecule has 1 aromatic heterocycles. The second-order valence-electron chi connectivity index (χ2n) is 7.42. The van der Waals surface area contributed by atoms with Crippen LogP contribution in [0.4, 0.5) is 22.0 Å². The molecule has 162 valence electrons. The van der Waals surface area contributed by atoms with Crippen molar-refractivity contribution in [2.45, 2.75) is 32.0 Å². The molecule has 2 heterocycles. The Morgan fingerprint density at radius 1 is 1.19 bits per heavy atom. The first-order chi connectivity index (χ1) is 14.4. The Kier molecular flexibility index (Phi) is 4.52. The molecule has 0 bridgehead atoms. The maximum Gasteiger partial charge on any atom is 0.421 e. The molecule has 2 aromatic carbocycles. The van der Waals surface area contributed by atoms with Crippen LogP contribution in [0.3, 0.4) is 0 Å². The van der Waals surface area contributed by atoms with Gasteiger partial charge in [-0.2, -0.15) is 13.2 Å². The summed E-state index contributed by atoms with van der Waals surface area (Å²) >= 11 is 0. The molecule has 0 saturated heterocycles. The Hall–Kier alpha value is -3.50. The first-order valence-corrected chi connectivity index (χ1v) is 9.11. The van der Waals surface area contributed by atoms with Gasteiger partial charge in [-0.1, -0.05) is 12.1 Å². The van der Waals surface area contributed by atoms with Crippen LogP contribution in [-0.4, -0.2) is 21.4 Å². The predicted octanol–water partition coefficient (Wildman–Crippen LogP) is 3.68. The van der Waals surface area contributed by atoms with Crippen molar-refractivity contribution in [2.24, 2.45) is 10.7 Å². The third kappa shape index (κ3) is 3.29. The van der Waals surface area contributed by atoms with E-state index < -0.39 is 40.3 Å². The van der Waals surface area contributed by atoms with Crippen molar-refractivity contribution in [2.75, 3.05) is 0 Å². The normalized spacial score (nSPS) is 19.5. The molecule has 0 aliphatic carbocycles. The van der Waals surface area contributed by atoms with E-state index in [4.69, 9.17) is 5.73 Å². The number of carbonyl (C=O) groups is 1. The Morgan fingerprint density at radius 3 is 2.55 bits per heavy atom. The topological polar surface area (TPSA) is 85.3 Å². The fourth-order valence-corrected chi connectivity index (χ4v) is 3.92. The first kappa shape index (κ1) is 20.8. The zero-order valence-electron chi connectivity index (χ0n) is 16.3. The van der Waals surface area contributed by atoms with Gasteiger partial charge in [0.1, 0.15) is 17.2 Å². The van der Waals surface area contributed by atoms with Crippen LogP contribution in [0.5, 0.6) is 0 Å². The lowest BCUT2D eigenvalue weighted by atomic mass is 9.87. The zero-order valence-corrected chi connectivity index (χ0v) is 16.3. The molecule has 1 atom stereocenters. The number of nitrogens with two attached hydrogens (primary N) is 1. The molecule has 4 rings (SSSR count). The molecule has 3 aromatic rings. The molecule has 3 N–H and O–H groups in total. The smallest absolute Gasteiger partial charge is 0.370 e. The number of aliphatic imine (C=N–C) groups is 1. The number of hydrogen-bond donors (Lipinski definition) is 2. The van der Waals surface area contributed by atoms with Gasteiger partial charge in [0.25, 0.3) is 0 Å². The van der Waals surface area contributed by atoms with Crippen LogP contribution < -0.4 is 11.1 Å². The molecule has 11 heteroatoms. The molecule has 1 aliphatic heterocycles. The summed E-state index contributed by atoms with van der Waals surface area (Å²) in [4.78, 5) is 20.1. The average molecular weight is 437 g/mol. The quantitative estimate of drug-likeness (QED) is 0.600. The average Bonchev–Trinajstić information content (AvgIpc) is 2.95. The van der Waals surface area contributed by atoms with Gasteiger partial charge in [-0.3, -0.25) is 14.7 Å². The maximum atomic E-state index is 15.7. The number of amides is 1. The van der Waals surface area contributed by atoms with E-state index in [9.17, 15) is 22.4 Å². The molecule has 0 fully saturated rings. The van der Waals surface area contributed by atoms with Crippen LogP contribution in [0.2, 0.25) is 0 Å². The number of benzene rings is 2. The Labute approximate surface area is 172 Å². The van der Waals surface area contributed by atoms with Crippen molar-refractivity contribution >= 4 is 22.9 Å². The summed E-state index contributed by atoms with van der Waals surface area (Å²) < 4.78 is 71.8. The van der Waals surface area contributed by atoms with E-state index in [0.29, 0.717) is 6.07 Å². The molecule has 0 saturated carbocycles.